The molecule has 6 nitrogen and oxygen atoms in total. The highest BCUT2D eigenvalue weighted by Gasteiger charge is 2.23. The molecule has 1 rings (SSSR count). The van der Waals surface area contributed by atoms with E-state index in [0.29, 0.717) is 6.04 Å². The van der Waals surface area contributed by atoms with E-state index in [4.69, 9.17) is 14.6 Å². The largest absolute Gasteiger partial charge is 0.481 e. The Kier molecular flexibility index (Phi) is 7.11. The molecule has 0 unspecified atom stereocenters. The van der Waals surface area contributed by atoms with Gasteiger partial charge in [-0.25, -0.2) is 0 Å². The van der Waals surface area contributed by atoms with Crippen LogP contribution in [0.2, 0.25) is 0 Å². The first-order valence-corrected chi connectivity index (χ1v) is 7.55. The van der Waals surface area contributed by atoms with E-state index in [-0.39, 0.29) is 31.6 Å². The maximum absolute atomic E-state index is 11.6. The highest BCUT2D eigenvalue weighted by molar-refractivity contribution is 5.72. The third kappa shape index (κ3) is 8.67. The molecule has 0 aromatic carbocycles. The van der Waals surface area contributed by atoms with Crippen molar-refractivity contribution >= 4 is 11.9 Å². The minimum atomic E-state index is -0.831. The average molecular weight is 301 g/mol. The van der Waals surface area contributed by atoms with Gasteiger partial charge in [0.15, 0.2) is 0 Å². The number of rotatable bonds is 7. The Bertz CT molecular complexity index is 342. The summed E-state index contributed by atoms with van der Waals surface area (Å²) in [6, 6.07) is 0.303. The Morgan fingerprint density at radius 1 is 1.19 bits per heavy atom. The van der Waals surface area contributed by atoms with Gasteiger partial charge in [-0.2, -0.15) is 0 Å². The molecule has 0 aromatic rings. The monoisotopic (exact) mass is 301 g/mol. The molecule has 0 spiro atoms. The highest BCUT2D eigenvalue weighted by Crippen LogP contribution is 2.21. The van der Waals surface area contributed by atoms with Crippen LogP contribution >= 0.6 is 0 Å². The van der Waals surface area contributed by atoms with Gasteiger partial charge in [0.1, 0.15) is 5.60 Å². The van der Waals surface area contributed by atoms with Gasteiger partial charge in [0.2, 0.25) is 0 Å². The predicted molar refractivity (Wildman–Crippen MR) is 78.1 cm³/mol. The first-order valence-electron chi connectivity index (χ1n) is 7.55. The molecule has 0 amide bonds. The van der Waals surface area contributed by atoms with Crippen LogP contribution in [0.5, 0.6) is 0 Å². The van der Waals surface area contributed by atoms with Gasteiger partial charge in [-0.05, 0) is 46.5 Å². The Balaban J connectivity index is 2.13. The van der Waals surface area contributed by atoms with E-state index >= 15 is 0 Å². The summed E-state index contributed by atoms with van der Waals surface area (Å²) in [4.78, 5) is 22.0. The molecule has 0 aliphatic heterocycles. The van der Waals surface area contributed by atoms with Crippen LogP contribution in [0.1, 0.15) is 52.9 Å². The molecular weight excluding hydrogens is 274 g/mol. The smallest absolute Gasteiger partial charge is 0.320 e. The van der Waals surface area contributed by atoms with Gasteiger partial charge in [-0.15, -0.1) is 0 Å². The fourth-order valence-electron chi connectivity index (χ4n) is 2.35. The summed E-state index contributed by atoms with van der Waals surface area (Å²) >= 11 is 0. The number of aliphatic carboxylic acids is 1. The Hall–Kier alpha value is -1.14. The molecule has 0 bridgehead atoms. The van der Waals surface area contributed by atoms with E-state index in [9.17, 15) is 9.59 Å². The zero-order chi connectivity index (χ0) is 15.9. The normalized spacial score (nSPS) is 22.8. The molecule has 1 saturated carbocycles. The van der Waals surface area contributed by atoms with Crippen LogP contribution in [0.4, 0.5) is 0 Å². The van der Waals surface area contributed by atoms with Crippen molar-refractivity contribution in [2.24, 2.45) is 0 Å². The Morgan fingerprint density at radius 2 is 1.81 bits per heavy atom. The summed E-state index contributed by atoms with van der Waals surface area (Å²) in [7, 11) is 0. The lowest BCUT2D eigenvalue weighted by Crippen LogP contribution is -2.40. The fourth-order valence-corrected chi connectivity index (χ4v) is 2.35. The number of hydrogen-bond donors (Lipinski definition) is 2. The standard InChI is InChI=1S/C15H27NO5/c1-15(2,3)21-14(19)10-16-11-4-6-12(7-5-11)20-9-8-13(17)18/h11-12,16H,4-10H2,1-3H3,(H,17,18)/t11-,12-. The summed E-state index contributed by atoms with van der Waals surface area (Å²) in [6.45, 7) is 6.06. The number of ether oxygens (including phenoxy) is 2. The molecule has 1 aliphatic rings. The molecule has 21 heavy (non-hydrogen) atoms. The quantitative estimate of drug-likeness (QED) is 0.697. The number of esters is 1. The summed E-state index contributed by atoms with van der Waals surface area (Å²) in [5, 5.41) is 11.8. The molecule has 2 N–H and O–H groups in total. The molecule has 0 radical (unpaired) electrons. The lowest BCUT2D eigenvalue weighted by atomic mass is 9.93. The molecular formula is C15H27NO5. The van der Waals surface area contributed by atoms with E-state index < -0.39 is 11.6 Å². The lowest BCUT2D eigenvalue weighted by molar-refractivity contribution is -0.153. The first kappa shape index (κ1) is 17.9. The lowest BCUT2D eigenvalue weighted by Gasteiger charge is -2.29. The second-order valence-electron chi connectivity index (χ2n) is 6.46. The van der Waals surface area contributed by atoms with Crippen LogP contribution < -0.4 is 5.32 Å². The zero-order valence-electron chi connectivity index (χ0n) is 13.2. The van der Waals surface area contributed by atoms with Crippen molar-refractivity contribution in [2.45, 2.75) is 70.6 Å². The first-order chi connectivity index (χ1) is 9.76. The molecule has 0 atom stereocenters. The maximum Gasteiger partial charge on any atom is 0.320 e. The van der Waals surface area contributed by atoms with Crippen LogP contribution in [0.3, 0.4) is 0 Å². The van der Waals surface area contributed by atoms with Crippen molar-refractivity contribution in [3.05, 3.63) is 0 Å². The van der Waals surface area contributed by atoms with E-state index in [1.165, 1.54) is 0 Å². The van der Waals surface area contributed by atoms with E-state index in [1.54, 1.807) is 0 Å². The zero-order valence-corrected chi connectivity index (χ0v) is 13.2. The van der Waals surface area contributed by atoms with Crippen molar-refractivity contribution in [3.63, 3.8) is 0 Å². The third-order valence-electron chi connectivity index (χ3n) is 3.30. The van der Waals surface area contributed by atoms with Crippen LogP contribution in [0.15, 0.2) is 0 Å². The van der Waals surface area contributed by atoms with Gasteiger partial charge in [0.05, 0.1) is 25.7 Å². The number of carboxylic acids is 1. The summed E-state index contributed by atoms with van der Waals surface area (Å²) in [6.07, 6.45) is 3.85. The van der Waals surface area contributed by atoms with Crippen LogP contribution in [0, 0.1) is 0 Å². The van der Waals surface area contributed by atoms with Crippen LogP contribution in [-0.4, -0.2) is 47.9 Å². The molecule has 1 aliphatic carbocycles. The van der Waals surface area contributed by atoms with Crippen LogP contribution in [0.25, 0.3) is 0 Å². The van der Waals surface area contributed by atoms with Crippen LogP contribution in [-0.2, 0) is 19.1 Å². The third-order valence-corrected chi connectivity index (χ3v) is 3.30. The fraction of sp³-hybridized carbons (Fsp3) is 0.867. The summed E-state index contributed by atoms with van der Waals surface area (Å²) in [5.74, 6) is -1.06. The number of carbonyl (C=O) groups is 2. The van der Waals surface area contributed by atoms with Gasteiger partial charge in [0.25, 0.3) is 0 Å². The molecule has 1 fully saturated rings. The second kappa shape index (κ2) is 8.34. The van der Waals surface area contributed by atoms with Gasteiger partial charge in [-0.1, -0.05) is 0 Å². The van der Waals surface area contributed by atoms with E-state index in [1.807, 2.05) is 20.8 Å². The number of carbonyl (C=O) groups excluding carboxylic acids is 1. The van der Waals surface area contributed by atoms with Gasteiger partial charge in [0, 0.05) is 6.04 Å². The Morgan fingerprint density at radius 3 is 2.33 bits per heavy atom. The van der Waals surface area contributed by atoms with Crippen molar-refractivity contribution < 1.29 is 24.2 Å². The molecule has 6 heteroatoms. The average Bonchev–Trinajstić information content (AvgIpc) is 2.35. The Labute approximate surface area is 126 Å². The molecule has 122 valence electrons. The van der Waals surface area contributed by atoms with E-state index in [2.05, 4.69) is 5.32 Å². The summed E-state index contributed by atoms with van der Waals surface area (Å²) in [5.41, 5.74) is -0.450. The van der Waals surface area contributed by atoms with Gasteiger partial charge in [-0.3, -0.25) is 9.59 Å². The summed E-state index contributed by atoms with van der Waals surface area (Å²) < 4.78 is 10.8. The van der Waals surface area contributed by atoms with Crippen molar-refractivity contribution in [2.75, 3.05) is 13.2 Å². The topological polar surface area (TPSA) is 84.9 Å². The predicted octanol–water partition coefficient (Wildman–Crippen LogP) is 1.72. The number of hydrogen-bond acceptors (Lipinski definition) is 5. The second-order valence-corrected chi connectivity index (χ2v) is 6.46. The van der Waals surface area contributed by atoms with Crippen molar-refractivity contribution in [1.29, 1.82) is 0 Å². The number of nitrogens with one attached hydrogen (secondary N) is 1. The van der Waals surface area contributed by atoms with Crippen molar-refractivity contribution in [3.8, 4) is 0 Å². The van der Waals surface area contributed by atoms with E-state index in [0.717, 1.165) is 25.7 Å². The number of carboxylic acid groups (broad SMARTS) is 1. The SMILES string of the molecule is CC(C)(C)OC(=O)CN[C@H]1CC[C@H](OCCC(=O)O)CC1. The molecule has 0 heterocycles. The minimum Gasteiger partial charge on any atom is -0.481 e. The van der Waals surface area contributed by atoms with Gasteiger partial charge >= 0.3 is 11.9 Å². The highest BCUT2D eigenvalue weighted by atomic mass is 16.6. The van der Waals surface area contributed by atoms with Crippen molar-refractivity contribution in [1.82, 2.24) is 5.32 Å². The minimum absolute atomic E-state index is 0.0524. The molecule has 0 aromatic heterocycles. The van der Waals surface area contributed by atoms with Gasteiger partial charge < -0.3 is 19.9 Å². The molecule has 0 saturated heterocycles. The maximum atomic E-state index is 11.6.